The lowest BCUT2D eigenvalue weighted by Gasteiger charge is -2.12. The normalized spacial score (nSPS) is 10.3. The standard InChI is InChI=1S/C15H22N2O7/c1-3-22-15(18)5-4-7-23-14-10-12(17(19)20)11(6-8-24-16)9-13(14)21-2/h9-10H,3-8,16H2,1-2H3. The Balaban J connectivity index is 2.80. The fourth-order valence-electron chi connectivity index (χ4n) is 2.03. The zero-order chi connectivity index (χ0) is 17.9. The average molecular weight is 342 g/mol. The summed E-state index contributed by atoms with van der Waals surface area (Å²) >= 11 is 0. The van der Waals surface area contributed by atoms with Crippen LogP contribution in [0.1, 0.15) is 25.3 Å². The Kier molecular flexibility index (Phi) is 8.52. The van der Waals surface area contributed by atoms with Crippen LogP contribution in [0.3, 0.4) is 0 Å². The first-order valence-electron chi connectivity index (χ1n) is 7.48. The van der Waals surface area contributed by atoms with Crippen molar-refractivity contribution >= 4 is 11.7 Å². The summed E-state index contributed by atoms with van der Waals surface area (Å²) in [5.41, 5.74) is 0.328. The number of esters is 1. The molecule has 1 aromatic rings. The smallest absolute Gasteiger partial charge is 0.305 e. The monoisotopic (exact) mass is 342 g/mol. The van der Waals surface area contributed by atoms with Gasteiger partial charge in [-0.05, 0) is 19.4 Å². The minimum absolute atomic E-state index is 0.103. The summed E-state index contributed by atoms with van der Waals surface area (Å²) in [6.07, 6.45) is 0.912. The fraction of sp³-hybridized carbons (Fsp3) is 0.533. The third-order valence-corrected chi connectivity index (χ3v) is 3.14. The third-order valence-electron chi connectivity index (χ3n) is 3.14. The number of carbonyl (C=O) groups excluding carboxylic acids is 1. The second kappa shape index (κ2) is 10.4. The number of nitro benzene ring substituents is 1. The molecule has 9 nitrogen and oxygen atoms in total. The van der Waals surface area contributed by atoms with Crippen LogP contribution in [-0.4, -0.2) is 37.8 Å². The summed E-state index contributed by atoms with van der Waals surface area (Å²) in [6.45, 7) is 2.41. The number of methoxy groups -OCH3 is 1. The minimum atomic E-state index is -0.503. The number of nitro groups is 1. The molecule has 0 atom stereocenters. The van der Waals surface area contributed by atoms with E-state index in [0.29, 0.717) is 24.3 Å². The number of hydrogen-bond acceptors (Lipinski definition) is 8. The molecule has 0 amide bonds. The van der Waals surface area contributed by atoms with E-state index in [4.69, 9.17) is 20.1 Å². The van der Waals surface area contributed by atoms with Gasteiger partial charge in [0.1, 0.15) is 0 Å². The summed E-state index contributed by atoms with van der Waals surface area (Å²) < 4.78 is 15.5. The molecule has 0 radical (unpaired) electrons. The molecule has 134 valence electrons. The Bertz CT molecular complexity index is 563. The fourth-order valence-corrected chi connectivity index (χ4v) is 2.03. The van der Waals surface area contributed by atoms with Gasteiger partial charge in [0.25, 0.3) is 5.69 Å². The highest BCUT2D eigenvalue weighted by Gasteiger charge is 2.19. The number of ether oxygens (including phenoxy) is 3. The van der Waals surface area contributed by atoms with Crippen LogP contribution in [-0.2, 0) is 20.8 Å². The van der Waals surface area contributed by atoms with Gasteiger partial charge in [-0.25, -0.2) is 5.90 Å². The molecule has 1 rings (SSSR count). The van der Waals surface area contributed by atoms with Gasteiger partial charge >= 0.3 is 5.97 Å². The number of benzene rings is 1. The maximum Gasteiger partial charge on any atom is 0.305 e. The highest BCUT2D eigenvalue weighted by molar-refractivity contribution is 5.69. The summed E-state index contributed by atoms with van der Waals surface area (Å²) in [5, 5.41) is 11.2. The number of hydrogen-bond donors (Lipinski definition) is 1. The second-order valence-corrected chi connectivity index (χ2v) is 4.77. The predicted molar refractivity (Wildman–Crippen MR) is 84.9 cm³/mol. The SMILES string of the molecule is CCOC(=O)CCCOc1cc([N+](=O)[O-])c(CCON)cc1OC. The van der Waals surface area contributed by atoms with E-state index in [0.717, 1.165) is 0 Å². The maximum atomic E-state index is 11.3. The van der Waals surface area contributed by atoms with Crippen LogP contribution in [0.4, 0.5) is 5.69 Å². The van der Waals surface area contributed by atoms with Crippen molar-refractivity contribution in [2.24, 2.45) is 5.90 Å². The largest absolute Gasteiger partial charge is 0.493 e. The van der Waals surface area contributed by atoms with Crippen LogP contribution in [0.15, 0.2) is 12.1 Å². The van der Waals surface area contributed by atoms with E-state index in [-0.39, 0.29) is 43.5 Å². The quantitative estimate of drug-likeness (QED) is 0.279. The second-order valence-electron chi connectivity index (χ2n) is 4.77. The van der Waals surface area contributed by atoms with E-state index >= 15 is 0 Å². The first-order valence-corrected chi connectivity index (χ1v) is 7.48. The van der Waals surface area contributed by atoms with Crippen molar-refractivity contribution in [3.05, 3.63) is 27.8 Å². The molecule has 24 heavy (non-hydrogen) atoms. The molecule has 0 spiro atoms. The van der Waals surface area contributed by atoms with Gasteiger partial charge < -0.3 is 19.0 Å². The first-order chi connectivity index (χ1) is 11.5. The molecule has 0 saturated carbocycles. The lowest BCUT2D eigenvalue weighted by molar-refractivity contribution is -0.385. The van der Waals surface area contributed by atoms with Gasteiger partial charge in [-0.2, -0.15) is 0 Å². The number of nitrogens with zero attached hydrogens (tertiary/aromatic N) is 1. The Morgan fingerprint density at radius 2 is 2.04 bits per heavy atom. The Hall–Kier alpha value is -2.39. The molecule has 0 saturated heterocycles. The van der Waals surface area contributed by atoms with Crippen LogP contribution >= 0.6 is 0 Å². The molecular weight excluding hydrogens is 320 g/mol. The van der Waals surface area contributed by atoms with Crippen LogP contribution in [0.5, 0.6) is 11.5 Å². The summed E-state index contributed by atoms with van der Waals surface area (Å²) in [7, 11) is 1.44. The van der Waals surface area contributed by atoms with E-state index in [9.17, 15) is 14.9 Å². The van der Waals surface area contributed by atoms with E-state index in [1.165, 1.54) is 19.2 Å². The Labute approximate surface area is 139 Å². The minimum Gasteiger partial charge on any atom is -0.493 e. The maximum absolute atomic E-state index is 11.3. The van der Waals surface area contributed by atoms with Crippen molar-refractivity contribution in [3.8, 4) is 11.5 Å². The van der Waals surface area contributed by atoms with E-state index in [1.807, 2.05) is 0 Å². The first kappa shape index (κ1) is 19.7. The molecule has 0 aliphatic carbocycles. The van der Waals surface area contributed by atoms with Crippen LogP contribution in [0.25, 0.3) is 0 Å². The number of nitrogens with two attached hydrogens (primary N) is 1. The average Bonchev–Trinajstić information content (AvgIpc) is 2.56. The number of rotatable bonds is 11. The van der Waals surface area contributed by atoms with Gasteiger partial charge in [-0.15, -0.1) is 0 Å². The molecule has 0 bridgehead atoms. The molecule has 0 aliphatic heterocycles. The topological polar surface area (TPSA) is 123 Å². The third kappa shape index (κ3) is 6.01. The Morgan fingerprint density at radius 1 is 1.29 bits per heavy atom. The zero-order valence-corrected chi connectivity index (χ0v) is 13.8. The van der Waals surface area contributed by atoms with E-state index in [2.05, 4.69) is 4.84 Å². The van der Waals surface area contributed by atoms with E-state index in [1.54, 1.807) is 6.92 Å². The molecule has 0 aliphatic rings. The molecule has 0 unspecified atom stereocenters. The van der Waals surface area contributed by atoms with Gasteiger partial charge in [0.15, 0.2) is 11.5 Å². The molecule has 0 fully saturated rings. The lowest BCUT2D eigenvalue weighted by atomic mass is 10.1. The molecule has 0 heterocycles. The van der Waals surface area contributed by atoms with Gasteiger partial charge in [-0.3, -0.25) is 14.9 Å². The van der Waals surface area contributed by atoms with Crippen LogP contribution in [0, 0.1) is 10.1 Å². The van der Waals surface area contributed by atoms with Crippen molar-refractivity contribution in [1.29, 1.82) is 0 Å². The summed E-state index contributed by atoms with van der Waals surface area (Å²) in [5.74, 6) is 5.26. The Morgan fingerprint density at radius 3 is 2.62 bits per heavy atom. The van der Waals surface area contributed by atoms with E-state index < -0.39 is 4.92 Å². The molecule has 0 aromatic heterocycles. The predicted octanol–water partition coefficient (Wildman–Crippen LogP) is 1.76. The molecule has 9 heteroatoms. The highest BCUT2D eigenvalue weighted by atomic mass is 16.6. The van der Waals surface area contributed by atoms with Crippen molar-refractivity contribution < 1.29 is 28.8 Å². The molecule has 1 aromatic carbocycles. The lowest BCUT2D eigenvalue weighted by Crippen LogP contribution is -2.08. The van der Waals surface area contributed by atoms with Gasteiger partial charge in [0.2, 0.25) is 0 Å². The van der Waals surface area contributed by atoms with Crippen LogP contribution < -0.4 is 15.4 Å². The summed E-state index contributed by atoms with van der Waals surface area (Å²) in [4.78, 5) is 26.4. The van der Waals surface area contributed by atoms with Crippen molar-refractivity contribution in [2.75, 3.05) is 26.9 Å². The molecular formula is C15H22N2O7. The number of carbonyl (C=O) groups is 1. The van der Waals surface area contributed by atoms with Crippen LogP contribution in [0.2, 0.25) is 0 Å². The van der Waals surface area contributed by atoms with Gasteiger partial charge in [0.05, 0.1) is 37.9 Å². The van der Waals surface area contributed by atoms with Gasteiger partial charge in [-0.1, -0.05) is 0 Å². The molecule has 2 N–H and O–H groups in total. The van der Waals surface area contributed by atoms with Gasteiger partial charge in [0, 0.05) is 18.4 Å². The summed E-state index contributed by atoms with van der Waals surface area (Å²) in [6, 6.07) is 2.83. The van der Waals surface area contributed by atoms with Crippen molar-refractivity contribution in [3.63, 3.8) is 0 Å². The van der Waals surface area contributed by atoms with Crippen molar-refractivity contribution in [1.82, 2.24) is 0 Å². The zero-order valence-electron chi connectivity index (χ0n) is 13.8. The van der Waals surface area contributed by atoms with Crippen molar-refractivity contribution in [2.45, 2.75) is 26.2 Å². The highest BCUT2D eigenvalue weighted by Crippen LogP contribution is 2.35.